The number of hydrogen-bond acceptors (Lipinski definition) is 4. The summed E-state index contributed by atoms with van der Waals surface area (Å²) in [5.41, 5.74) is 10.5. The summed E-state index contributed by atoms with van der Waals surface area (Å²) in [5.74, 6) is 0.889. The minimum absolute atomic E-state index is 0. The Labute approximate surface area is 291 Å². The van der Waals surface area contributed by atoms with Crippen LogP contribution in [0.5, 0.6) is 17.2 Å². The van der Waals surface area contributed by atoms with E-state index in [1.807, 2.05) is 139 Å². The molecule has 0 aliphatic heterocycles. The third-order valence-electron chi connectivity index (χ3n) is 7.44. The largest absolute Gasteiger partial charge is 0.507 e. The number of aromatic hydroxyl groups is 3. The first-order valence-electron chi connectivity index (χ1n) is 15.2. The molecule has 5 aromatic carbocycles. The van der Waals surface area contributed by atoms with Gasteiger partial charge >= 0.3 is 0 Å². The van der Waals surface area contributed by atoms with Gasteiger partial charge in [0, 0.05) is 58.7 Å². The molecular formula is C41H47NO3Ta-2. The molecule has 5 heteroatoms. The van der Waals surface area contributed by atoms with Crippen LogP contribution in [0.1, 0.15) is 61.2 Å². The standard InChI is InChI=1S/C27H33NO3.2C7H7.Ta/c1-16-7-19(4)25(29)22(10-16)13-28(14-23-11-17(2)8-20(5)26(23)30)15-24-12-18(3)9-21(6)27(24)31;2*1-7-5-3-2-4-6-7;/h7-12,29-31H,13-15H2,1-6H3;2*2-6H,1H2;/q;2*-1;. The molecule has 5 aromatic rings. The third-order valence-corrected chi connectivity index (χ3v) is 7.44. The molecule has 4 nitrogen and oxygen atoms in total. The van der Waals surface area contributed by atoms with Crippen molar-refractivity contribution in [3.63, 3.8) is 0 Å². The Morgan fingerprint density at radius 2 is 0.717 bits per heavy atom. The second-order valence-electron chi connectivity index (χ2n) is 11.9. The van der Waals surface area contributed by atoms with Crippen molar-refractivity contribution in [2.45, 2.75) is 61.2 Å². The van der Waals surface area contributed by atoms with Crippen LogP contribution in [0, 0.1) is 55.4 Å². The van der Waals surface area contributed by atoms with Crippen LogP contribution in [0.15, 0.2) is 97.1 Å². The van der Waals surface area contributed by atoms with Gasteiger partial charge in [-0.2, -0.15) is 49.2 Å². The fourth-order valence-electron chi connectivity index (χ4n) is 5.35. The maximum atomic E-state index is 10.7. The van der Waals surface area contributed by atoms with Crippen molar-refractivity contribution in [3.05, 3.63) is 172 Å². The molecule has 241 valence electrons. The van der Waals surface area contributed by atoms with Gasteiger partial charge in [-0.25, -0.2) is 0 Å². The van der Waals surface area contributed by atoms with Gasteiger partial charge in [-0.1, -0.05) is 65.2 Å². The molecule has 0 fully saturated rings. The summed E-state index contributed by atoms with van der Waals surface area (Å²) in [6, 6.07) is 31.6. The molecule has 1 radical (unpaired) electrons. The van der Waals surface area contributed by atoms with Gasteiger partial charge in [0.05, 0.1) is 0 Å². The molecule has 0 spiro atoms. The Morgan fingerprint density at radius 3 is 0.935 bits per heavy atom. The van der Waals surface area contributed by atoms with Crippen LogP contribution in [-0.2, 0) is 42.0 Å². The average Bonchev–Trinajstić information content (AvgIpc) is 2.98. The number of phenols is 3. The molecule has 3 N–H and O–H groups in total. The molecule has 0 atom stereocenters. The van der Waals surface area contributed by atoms with Crippen LogP contribution < -0.4 is 0 Å². The SMILES string of the molecule is Cc1cc(C)c(O)c(CN(Cc2cc(C)cc(C)c2O)Cc2cc(C)cc(C)c2O)c1.[CH2-]c1ccccc1.[CH2-]c1ccccc1.[Ta]. The molecule has 0 aromatic heterocycles. The van der Waals surface area contributed by atoms with Gasteiger partial charge in [-0.3, -0.25) is 4.90 Å². The Balaban J connectivity index is 0.000000401. The summed E-state index contributed by atoms with van der Waals surface area (Å²) in [7, 11) is 0. The summed E-state index contributed by atoms with van der Waals surface area (Å²) in [5, 5.41) is 32.0. The molecule has 0 saturated carbocycles. The number of nitrogens with zero attached hydrogens (tertiary/aromatic N) is 1. The quantitative estimate of drug-likeness (QED) is 0.150. The van der Waals surface area contributed by atoms with Crippen molar-refractivity contribution in [3.8, 4) is 17.2 Å². The summed E-state index contributed by atoms with van der Waals surface area (Å²) >= 11 is 0. The topological polar surface area (TPSA) is 63.9 Å². The number of aryl methyl sites for hydroxylation is 6. The molecule has 0 bridgehead atoms. The molecule has 0 aliphatic carbocycles. The van der Waals surface area contributed by atoms with Crippen LogP contribution in [0.3, 0.4) is 0 Å². The van der Waals surface area contributed by atoms with E-state index in [0.717, 1.165) is 61.2 Å². The van der Waals surface area contributed by atoms with E-state index in [4.69, 9.17) is 0 Å². The minimum atomic E-state index is 0. The van der Waals surface area contributed by atoms with Gasteiger partial charge in [-0.05, 0) is 58.2 Å². The molecule has 0 saturated heterocycles. The van der Waals surface area contributed by atoms with Gasteiger partial charge in [0.2, 0.25) is 0 Å². The van der Waals surface area contributed by atoms with Crippen LogP contribution in [-0.4, -0.2) is 20.2 Å². The van der Waals surface area contributed by atoms with Gasteiger partial charge in [0.1, 0.15) is 17.2 Å². The Morgan fingerprint density at radius 1 is 0.457 bits per heavy atom. The minimum Gasteiger partial charge on any atom is -0.507 e. The van der Waals surface area contributed by atoms with Gasteiger partial charge in [0.15, 0.2) is 0 Å². The smallest absolute Gasteiger partial charge is 0.122 e. The summed E-state index contributed by atoms with van der Waals surface area (Å²) < 4.78 is 0. The van der Waals surface area contributed by atoms with E-state index in [1.165, 1.54) is 0 Å². The zero-order valence-corrected chi connectivity index (χ0v) is 31.2. The zero-order valence-electron chi connectivity index (χ0n) is 28.0. The van der Waals surface area contributed by atoms with Gasteiger partial charge in [-0.15, -0.1) is 24.3 Å². The molecule has 46 heavy (non-hydrogen) atoms. The maximum absolute atomic E-state index is 10.7. The first kappa shape index (κ1) is 38.1. The van der Waals surface area contributed by atoms with Gasteiger partial charge in [0.25, 0.3) is 0 Å². The Bertz CT molecular complexity index is 1510. The number of rotatable bonds is 6. The number of benzene rings is 5. The van der Waals surface area contributed by atoms with Gasteiger partial charge < -0.3 is 15.3 Å². The van der Waals surface area contributed by atoms with Crippen molar-refractivity contribution >= 4 is 0 Å². The molecule has 0 aliphatic rings. The fraction of sp³-hybridized carbons (Fsp3) is 0.220. The van der Waals surface area contributed by atoms with Crippen LogP contribution in [0.25, 0.3) is 0 Å². The van der Waals surface area contributed by atoms with Crippen molar-refractivity contribution in [1.29, 1.82) is 0 Å². The van der Waals surface area contributed by atoms with E-state index >= 15 is 0 Å². The Hall–Kier alpha value is -4.06. The second-order valence-corrected chi connectivity index (χ2v) is 11.9. The summed E-state index contributed by atoms with van der Waals surface area (Å²) in [4.78, 5) is 2.15. The molecule has 0 amide bonds. The summed E-state index contributed by atoms with van der Waals surface area (Å²) in [6.45, 7) is 20.7. The first-order valence-corrected chi connectivity index (χ1v) is 15.2. The van der Waals surface area contributed by atoms with E-state index < -0.39 is 0 Å². The third kappa shape index (κ3) is 11.7. The van der Waals surface area contributed by atoms with Crippen molar-refractivity contribution in [2.24, 2.45) is 0 Å². The van der Waals surface area contributed by atoms with Crippen molar-refractivity contribution in [2.75, 3.05) is 0 Å². The van der Waals surface area contributed by atoms with Crippen LogP contribution >= 0.6 is 0 Å². The van der Waals surface area contributed by atoms with Crippen LogP contribution in [0.2, 0.25) is 0 Å². The summed E-state index contributed by atoms with van der Waals surface area (Å²) in [6.07, 6.45) is 0. The van der Waals surface area contributed by atoms with E-state index in [0.29, 0.717) is 36.9 Å². The number of phenolic OH excluding ortho intramolecular Hbond substituents is 3. The second kappa shape index (κ2) is 18.2. The van der Waals surface area contributed by atoms with E-state index in [9.17, 15) is 15.3 Å². The predicted octanol–water partition coefficient (Wildman–Crippen LogP) is 9.59. The zero-order chi connectivity index (χ0) is 33.1. The van der Waals surface area contributed by atoms with Crippen LogP contribution in [0.4, 0.5) is 0 Å². The maximum Gasteiger partial charge on any atom is 0.122 e. The predicted molar refractivity (Wildman–Crippen MR) is 187 cm³/mol. The molecular weight excluding hydrogens is 735 g/mol. The normalized spacial score (nSPS) is 10.2. The molecule has 0 unspecified atom stereocenters. The van der Waals surface area contributed by atoms with Crippen molar-refractivity contribution in [1.82, 2.24) is 4.90 Å². The monoisotopic (exact) mass is 782 g/mol. The molecule has 0 heterocycles. The molecule has 5 rings (SSSR count). The number of hydrogen-bond donors (Lipinski definition) is 3. The van der Waals surface area contributed by atoms with E-state index in [-0.39, 0.29) is 22.4 Å². The first-order chi connectivity index (χ1) is 21.3. The Kier molecular flexibility index (Phi) is 15.1. The average molecular weight is 783 g/mol. The van der Waals surface area contributed by atoms with E-state index in [2.05, 4.69) is 18.7 Å². The van der Waals surface area contributed by atoms with Crippen molar-refractivity contribution < 1.29 is 37.7 Å². The van der Waals surface area contributed by atoms with E-state index in [1.54, 1.807) is 0 Å². The fourth-order valence-corrected chi connectivity index (χ4v) is 5.35.